The van der Waals surface area contributed by atoms with Crippen molar-refractivity contribution >= 4 is 22.2 Å². The Morgan fingerprint density at radius 2 is 2.07 bits per heavy atom. The summed E-state index contributed by atoms with van der Waals surface area (Å²) in [6.45, 7) is 0. The van der Waals surface area contributed by atoms with Gasteiger partial charge in [0.25, 0.3) is 0 Å². The number of methoxy groups -OCH3 is 1. The van der Waals surface area contributed by atoms with Crippen LogP contribution in [0.2, 0.25) is 0 Å². The molecule has 0 aliphatic heterocycles. The number of hydrogen-bond acceptors (Lipinski definition) is 3. The summed E-state index contributed by atoms with van der Waals surface area (Å²) in [4.78, 5) is 11.1. The molecule has 0 saturated carbocycles. The van der Waals surface area contributed by atoms with E-state index < -0.39 is 6.09 Å². The zero-order valence-corrected chi connectivity index (χ0v) is 9.45. The van der Waals surface area contributed by atoms with Crippen LogP contribution in [-0.4, -0.2) is 24.2 Å². The van der Waals surface area contributed by atoms with E-state index in [1.807, 2.05) is 0 Å². The number of hydrogen-bond donors (Lipinski definition) is 0. The third kappa shape index (κ3) is 2.92. The van der Waals surface area contributed by atoms with Crippen LogP contribution < -0.4 is 9.47 Å². The lowest BCUT2D eigenvalue weighted by Crippen LogP contribution is -2.20. The molecule has 0 aliphatic rings. The van der Waals surface area contributed by atoms with Crippen molar-refractivity contribution in [2.24, 2.45) is 0 Å². The molecule has 0 atom stereocenters. The molecule has 0 aliphatic carbocycles. The van der Waals surface area contributed by atoms with Gasteiger partial charge in [0.05, 0.1) is 23.3 Å². The first kappa shape index (κ1) is 10.8. The van der Waals surface area contributed by atoms with E-state index in [0.29, 0.717) is 11.5 Å². The molecule has 76 valence electrons. The van der Waals surface area contributed by atoms with Crippen LogP contribution in [0, 0.1) is 0 Å². The van der Waals surface area contributed by atoms with Crippen LogP contribution >= 0.6 is 16.1 Å². The molecule has 0 aromatic heterocycles. The number of ether oxygens (including phenoxy) is 2. The number of halogens is 1. The zero-order chi connectivity index (χ0) is 10.6. The fraction of sp³-hybridized carbons (Fsp3) is 0.222. The van der Waals surface area contributed by atoms with Gasteiger partial charge in [-0.25, -0.2) is 8.72 Å². The molecule has 1 amide bonds. The lowest BCUT2D eigenvalue weighted by molar-refractivity contribution is 0.188. The van der Waals surface area contributed by atoms with Crippen LogP contribution in [0.1, 0.15) is 0 Å². The Hall–Kier alpha value is -1.23. The highest BCUT2D eigenvalue weighted by Crippen LogP contribution is 2.19. The highest BCUT2D eigenvalue weighted by molar-refractivity contribution is 9.07. The van der Waals surface area contributed by atoms with Crippen LogP contribution in [-0.2, 0) is 0 Å². The smallest absolute Gasteiger partial charge is 0.425 e. The van der Waals surface area contributed by atoms with Gasteiger partial charge in [0, 0.05) is 13.1 Å². The number of nitrogens with zero attached hydrogens (tertiary/aromatic N) is 1. The van der Waals surface area contributed by atoms with Gasteiger partial charge < -0.3 is 9.47 Å². The molecule has 0 bridgehead atoms. The van der Waals surface area contributed by atoms with Crippen molar-refractivity contribution in [1.82, 2.24) is 3.93 Å². The summed E-state index contributed by atoms with van der Waals surface area (Å²) >= 11 is 2.96. The summed E-state index contributed by atoms with van der Waals surface area (Å²) in [6, 6.07) is 6.83. The van der Waals surface area contributed by atoms with Gasteiger partial charge in [0.2, 0.25) is 0 Å². The second-order valence-electron chi connectivity index (χ2n) is 2.52. The number of carbonyl (C=O) groups excluding carboxylic acids is 1. The second-order valence-corrected chi connectivity index (χ2v) is 3.59. The van der Waals surface area contributed by atoms with Crippen molar-refractivity contribution in [3.8, 4) is 11.5 Å². The number of carbonyl (C=O) groups is 1. The van der Waals surface area contributed by atoms with Crippen LogP contribution in [0.4, 0.5) is 4.79 Å². The molecular weight excluding hydrogens is 250 g/mol. The topological polar surface area (TPSA) is 38.8 Å². The molecular formula is C9H10BrNO3. The minimum Gasteiger partial charge on any atom is -0.497 e. The molecule has 0 heterocycles. The molecule has 5 heteroatoms. The van der Waals surface area contributed by atoms with Crippen molar-refractivity contribution in [3.05, 3.63) is 24.3 Å². The van der Waals surface area contributed by atoms with E-state index in [4.69, 9.17) is 9.47 Å². The van der Waals surface area contributed by atoms with Gasteiger partial charge in [-0.1, -0.05) is 6.07 Å². The van der Waals surface area contributed by atoms with E-state index in [1.165, 1.54) is 3.93 Å². The zero-order valence-electron chi connectivity index (χ0n) is 7.86. The van der Waals surface area contributed by atoms with Crippen molar-refractivity contribution in [2.45, 2.75) is 0 Å². The minimum atomic E-state index is -0.488. The van der Waals surface area contributed by atoms with Crippen molar-refractivity contribution in [2.75, 3.05) is 14.2 Å². The standard InChI is InChI=1S/C9H10BrNO3/c1-11(10)9(12)14-8-5-3-4-7(6-8)13-2/h3-6H,1-2H3. The fourth-order valence-electron chi connectivity index (χ4n) is 0.828. The molecule has 0 saturated heterocycles. The number of amides is 1. The molecule has 14 heavy (non-hydrogen) atoms. The average molecular weight is 260 g/mol. The Morgan fingerprint density at radius 3 is 2.64 bits per heavy atom. The maximum absolute atomic E-state index is 11.1. The van der Waals surface area contributed by atoms with Gasteiger partial charge in [-0.3, -0.25) is 0 Å². The Balaban J connectivity index is 2.72. The largest absolute Gasteiger partial charge is 0.497 e. The van der Waals surface area contributed by atoms with E-state index in [-0.39, 0.29) is 0 Å². The van der Waals surface area contributed by atoms with Crippen molar-refractivity contribution < 1.29 is 14.3 Å². The number of rotatable bonds is 2. The highest BCUT2D eigenvalue weighted by Gasteiger charge is 2.08. The Morgan fingerprint density at radius 1 is 1.43 bits per heavy atom. The first-order valence-corrected chi connectivity index (χ1v) is 4.60. The van der Waals surface area contributed by atoms with E-state index in [1.54, 1.807) is 38.4 Å². The predicted octanol–water partition coefficient (Wildman–Crippen LogP) is 2.44. The van der Waals surface area contributed by atoms with Gasteiger partial charge in [0.15, 0.2) is 0 Å². The molecule has 1 aromatic carbocycles. The van der Waals surface area contributed by atoms with E-state index in [0.717, 1.165) is 0 Å². The summed E-state index contributed by atoms with van der Waals surface area (Å²) in [5, 5.41) is 0. The first-order valence-electron chi connectivity index (χ1n) is 3.89. The number of benzene rings is 1. The molecule has 1 aromatic rings. The summed E-state index contributed by atoms with van der Waals surface area (Å²) in [7, 11) is 3.10. The molecule has 0 N–H and O–H groups in total. The molecule has 0 spiro atoms. The summed E-state index contributed by atoms with van der Waals surface area (Å²) in [5.41, 5.74) is 0. The maximum Gasteiger partial charge on any atom is 0.425 e. The molecule has 0 fully saturated rings. The molecule has 1 rings (SSSR count). The summed E-state index contributed by atoms with van der Waals surface area (Å²) in [5.74, 6) is 1.09. The Kier molecular flexibility index (Phi) is 3.76. The van der Waals surface area contributed by atoms with Crippen LogP contribution in [0.5, 0.6) is 11.5 Å². The SMILES string of the molecule is COc1cccc(OC(=O)N(C)Br)c1. The average Bonchev–Trinajstić information content (AvgIpc) is 2.18. The Labute approximate surface area is 90.8 Å². The monoisotopic (exact) mass is 259 g/mol. The van der Waals surface area contributed by atoms with Gasteiger partial charge in [-0.2, -0.15) is 0 Å². The van der Waals surface area contributed by atoms with Crippen molar-refractivity contribution in [1.29, 1.82) is 0 Å². The van der Waals surface area contributed by atoms with Gasteiger partial charge in [-0.15, -0.1) is 0 Å². The summed E-state index contributed by atoms with van der Waals surface area (Å²) < 4.78 is 11.1. The highest BCUT2D eigenvalue weighted by atomic mass is 79.9. The van der Waals surface area contributed by atoms with Crippen molar-refractivity contribution in [3.63, 3.8) is 0 Å². The molecule has 4 nitrogen and oxygen atoms in total. The quantitative estimate of drug-likeness (QED) is 0.766. The van der Waals surface area contributed by atoms with Gasteiger partial charge in [-0.05, 0) is 12.1 Å². The van der Waals surface area contributed by atoms with E-state index in [2.05, 4.69) is 16.1 Å². The third-order valence-corrected chi connectivity index (χ3v) is 1.79. The minimum absolute atomic E-state index is 0.445. The lowest BCUT2D eigenvalue weighted by Gasteiger charge is -2.09. The Bertz CT molecular complexity index is 328. The molecule has 0 unspecified atom stereocenters. The lowest BCUT2D eigenvalue weighted by atomic mass is 10.3. The first-order chi connectivity index (χ1) is 6.63. The summed E-state index contributed by atoms with van der Waals surface area (Å²) in [6.07, 6.45) is -0.488. The van der Waals surface area contributed by atoms with E-state index >= 15 is 0 Å². The predicted molar refractivity (Wildman–Crippen MR) is 55.7 cm³/mol. The maximum atomic E-state index is 11.1. The van der Waals surface area contributed by atoms with Crippen LogP contribution in [0.25, 0.3) is 0 Å². The van der Waals surface area contributed by atoms with Crippen LogP contribution in [0.15, 0.2) is 24.3 Å². The van der Waals surface area contributed by atoms with Crippen LogP contribution in [0.3, 0.4) is 0 Å². The fourth-order valence-corrected chi connectivity index (χ4v) is 0.901. The normalized spacial score (nSPS) is 9.36. The third-order valence-electron chi connectivity index (χ3n) is 1.50. The second kappa shape index (κ2) is 4.85. The molecule has 0 radical (unpaired) electrons. The van der Waals surface area contributed by atoms with E-state index in [9.17, 15) is 4.79 Å². The van der Waals surface area contributed by atoms with Gasteiger partial charge >= 0.3 is 6.09 Å². The van der Waals surface area contributed by atoms with Gasteiger partial charge in [0.1, 0.15) is 11.5 Å².